The zero-order valence-corrected chi connectivity index (χ0v) is 15.8. The third-order valence-corrected chi connectivity index (χ3v) is 4.20. The molecule has 0 fully saturated rings. The van der Waals surface area contributed by atoms with Crippen LogP contribution in [0.25, 0.3) is 6.08 Å². The summed E-state index contributed by atoms with van der Waals surface area (Å²) in [6.45, 7) is 4.14. The molecule has 1 aliphatic rings. The predicted molar refractivity (Wildman–Crippen MR) is 106 cm³/mol. The molecule has 28 heavy (non-hydrogen) atoms. The number of hydrogen-bond donors (Lipinski definition) is 1. The molecule has 144 valence electrons. The number of ether oxygens (including phenoxy) is 2. The van der Waals surface area contributed by atoms with Crippen molar-refractivity contribution >= 4 is 29.4 Å². The van der Waals surface area contributed by atoms with Gasteiger partial charge in [-0.3, -0.25) is 4.79 Å². The van der Waals surface area contributed by atoms with Crippen LogP contribution in [0, 0.1) is 0 Å². The minimum absolute atomic E-state index is 0.0897. The Morgan fingerprint density at radius 1 is 1.21 bits per heavy atom. The van der Waals surface area contributed by atoms with Crippen molar-refractivity contribution in [2.24, 2.45) is 5.10 Å². The lowest BCUT2D eigenvalue weighted by Gasteiger charge is -2.12. The highest BCUT2D eigenvalue weighted by Gasteiger charge is 2.29. The molecule has 0 saturated carbocycles. The lowest BCUT2D eigenvalue weighted by Crippen LogP contribution is -2.21. The van der Waals surface area contributed by atoms with Gasteiger partial charge in [-0.1, -0.05) is 12.1 Å². The van der Waals surface area contributed by atoms with Crippen LogP contribution in [0.4, 0.5) is 5.69 Å². The summed E-state index contributed by atoms with van der Waals surface area (Å²) in [7, 11) is 1.55. The number of carboxylic acids is 1. The normalized spacial score (nSPS) is 15.0. The van der Waals surface area contributed by atoms with Crippen LogP contribution in [0.3, 0.4) is 0 Å². The van der Waals surface area contributed by atoms with Crippen LogP contribution in [0.15, 0.2) is 53.1 Å². The van der Waals surface area contributed by atoms with Gasteiger partial charge in [0.05, 0.1) is 36.3 Å². The van der Waals surface area contributed by atoms with Crippen LogP contribution >= 0.6 is 0 Å². The van der Waals surface area contributed by atoms with Crippen molar-refractivity contribution in [1.29, 1.82) is 0 Å². The molecule has 0 unspecified atom stereocenters. The first-order valence-corrected chi connectivity index (χ1v) is 8.70. The minimum Gasteiger partial charge on any atom is -0.493 e. The summed E-state index contributed by atoms with van der Waals surface area (Å²) in [6.07, 6.45) is 1.72. The van der Waals surface area contributed by atoms with E-state index in [1.807, 2.05) is 13.0 Å². The molecule has 2 aromatic carbocycles. The summed E-state index contributed by atoms with van der Waals surface area (Å²) in [5.74, 6) is -0.191. The van der Waals surface area contributed by atoms with E-state index in [-0.39, 0.29) is 11.5 Å². The Hall–Kier alpha value is -3.61. The van der Waals surface area contributed by atoms with Gasteiger partial charge in [0.1, 0.15) is 0 Å². The first kappa shape index (κ1) is 19.2. The van der Waals surface area contributed by atoms with E-state index >= 15 is 0 Å². The van der Waals surface area contributed by atoms with Crippen molar-refractivity contribution < 1.29 is 24.2 Å². The number of carboxylic acid groups (broad SMARTS) is 1. The molecule has 0 aliphatic carbocycles. The SMILES string of the molecule is CCOc1ccc(/C=C2\C(=O)N(c3cccc(C(=O)O)c3)N=C2C)cc1OC. The maximum absolute atomic E-state index is 12.9. The van der Waals surface area contributed by atoms with Gasteiger partial charge in [-0.15, -0.1) is 0 Å². The second-order valence-corrected chi connectivity index (χ2v) is 6.06. The number of methoxy groups -OCH3 is 1. The van der Waals surface area contributed by atoms with Gasteiger partial charge in [0.15, 0.2) is 11.5 Å². The number of benzene rings is 2. The van der Waals surface area contributed by atoms with E-state index in [4.69, 9.17) is 14.6 Å². The van der Waals surface area contributed by atoms with Gasteiger partial charge in [-0.25, -0.2) is 4.79 Å². The fourth-order valence-corrected chi connectivity index (χ4v) is 2.85. The molecule has 1 heterocycles. The second kappa shape index (κ2) is 7.96. The molecule has 3 rings (SSSR count). The van der Waals surface area contributed by atoms with E-state index in [1.165, 1.54) is 17.1 Å². The number of hydrazone groups is 1. The maximum Gasteiger partial charge on any atom is 0.335 e. The molecule has 0 atom stereocenters. The predicted octanol–water partition coefficient (Wildman–Crippen LogP) is 3.60. The Morgan fingerprint density at radius 3 is 2.68 bits per heavy atom. The standard InChI is InChI=1S/C21H20N2O5/c1-4-28-18-9-8-14(11-19(18)27-3)10-17-13(2)22-23(20(17)24)16-7-5-6-15(12-16)21(25)26/h5-12H,4H2,1-3H3,(H,25,26)/b17-10-. The number of aromatic carboxylic acids is 1. The molecule has 0 aromatic heterocycles. The summed E-state index contributed by atoms with van der Waals surface area (Å²) < 4.78 is 10.9. The average Bonchev–Trinajstić information content (AvgIpc) is 2.97. The van der Waals surface area contributed by atoms with E-state index in [2.05, 4.69) is 5.10 Å². The monoisotopic (exact) mass is 380 g/mol. The van der Waals surface area contributed by atoms with E-state index in [0.717, 1.165) is 5.56 Å². The first-order valence-electron chi connectivity index (χ1n) is 8.70. The van der Waals surface area contributed by atoms with Crippen molar-refractivity contribution in [3.05, 3.63) is 59.2 Å². The molecule has 0 bridgehead atoms. The van der Waals surface area contributed by atoms with E-state index in [9.17, 15) is 9.59 Å². The van der Waals surface area contributed by atoms with Crippen molar-refractivity contribution in [3.8, 4) is 11.5 Å². The van der Waals surface area contributed by atoms with Gasteiger partial charge in [0.25, 0.3) is 5.91 Å². The molecule has 7 heteroatoms. The van der Waals surface area contributed by atoms with Crippen molar-refractivity contribution in [3.63, 3.8) is 0 Å². The van der Waals surface area contributed by atoms with Crippen molar-refractivity contribution in [1.82, 2.24) is 0 Å². The Balaban J connectivity index is 1.93. The fourth-order valence-electron chi connectivity index (χ4n) is 2.85. The highest BCUT2D eigenvalue weighted by atomic mass is 16.5. The van der Waals surface area contributed by atoms with Gasteiger partial charge in [0, 0.05) is 0 Å². The highest BCUT2D eigenvalue weighted by Crippen LogP contribution is 2.30. The van der Waals surface area contributed by atoms with Crippen LogP contribution in [-0.2, 0) is 4.79 Å². The number of anilines is 1. The van der Waals surface area contributed by atoms with Crippen molar-refractivity contribution in [2.45, 2.75) is 13.8 Å². The van der Waals surface area contributed by atoms with Crippen molar-refractivity contribution in [2.75, 3.05) is 18.7 Å². The van der Waals surface area contributed by atoms with Gasteiger partial charge in [0.2, 0.25) is 0 Å². The summed E-state index contributed by atoms with van der Waals surface area (Å²) in [5.41, 5.74) is 2.22. The molecule has 0 saturated heterocycles. The first-order chi connectivity index (χ1) is 13.4. The van der Waals surface area contributed by atoms with Gasteiger partial charge in [-0.2, -0.15) is 10.1 Å². The van der Waals surface area contributed by atoms with Crippen LogP contribution < -0.4 is 14.5 Å². The zero-order valence-electron chi connectivity index (χ0n) is 15.8. The number of amides is 1. The summed E-state index contributed by atoms with van der Waals surface area (Å²) in [6, 6.07) is 11.5. The Bertz CT molecular complexity index is 994. The Kier molecular flexibility index (Phi) is 5.44. The number of carbonyl (C=O) groups excluding carboxylic acids is 1. The lowest BCUT2D eigenvalue weighted by molar-refractivity contribution is -0.114. The average molecular weight is 380 g/mol. The molecule has 2 aromatic rings. The smallest absolute Gasteiger partial charge is 0.335 e. The quantitative estimate of drug-likeness (QED) is 0.774. The van der Waals surface area contributed by atoms with E-state index in [0.29, 0.717) is 35.1 Å². The molecule has 0 radical (unpaired) electrons. The molecular formula is C21H20N2O5. The van der Waals surface area contributed by atoms with E-state index in [1.54, 1.807) is 44.4 Å². The molecule has 0 spiro atoms. The molecule has 1 aliphatic heterocycles. The molecule has 1 N–H and O–H groups in total. The van der Waals surface area contributed by atoms with Crippen LogP contribution in [-0.4, -0.2) is 36.4 Å². The summed E-state index contributed by atoms with van der Waals surface area (Å²) >= 11 is 0. The molecule has 1 amide bonds. The third kappa shape index (κ3) is 3.73. The number of hydrogen-bond acceptors (Lipinski definition) is 5. The van der Waals surface area contributed by atoms with Gasteiger partial charge < -0.3 is 14.6 Å². The Labute approximate surface area is 162 Å². The van der Waals surface area contributed by atoms with Gasteiger partial charge in [-0.05, 0) is 55.8 Å². The number of rotatable bonds is 6. The van der Waals surface area contributed by atoms with Crippen LogP contribution in [0.2, 0.25) is 0 Å². The second-order valence-electron chi connectivity index (χ2n) is 6.06. The van der Waals surface area contributed by atoms with Crippen LogP contribution in [0.1, 0.15) is 29.8 Å². The topological polar surface area (TPSA) is 88.4 Å². The zero-order chi connectivity index (χ0) is 20.3. The van der Waals surface area contributed by atoms with E-state index < -0.39 is 5.97 Å². The number of nitrogens with zero attached hydrogens (tertiary/aromatic N) is 2. The Morgan fingerprint density at radius 2 is 2.00 bits per heavy atom. The largest absolute Gasteiger partial charge is 0.493 e. The highest BCUT2D eigenvalue weighted by molar-refractivity contribution is 6.32. The third-order valence-electron chi connectivity index (χ3n) is 4.20. The molecular weight excluding hydrogens is 360 g/mol. The van der Waals surface area contributed by atoms with Crippen LogP contribution in [0.5, 0.6) is 11.5 Å². The lowest BCUT2D eigenvalue weighted by atomic mass is 10.1. The fraction of sp³-hybridized carbons (Fsp3) is 0.190. The number of carbonyl (C=O) groups is 2. The summed E-state index contributed by atoms with van der Waals surface area (Å²) in [4.78, 5) is 24.0. The molecule has 7 nitrogen and oxygen atoms in total. The maximum atomic E-state index is 12.9. The summed E-state index contributed by atoms with van der Waals surface area (Å²) in [5, 5.41) is 14.7. The minimum atomic E-state index is -1.06. The van der Waals surface area contributed by atoms with Gasteiger partial charge >= 0.3 is 5.97 Å².